The minimum atomic E-state index is -0.203. The molecule has 26 heavy (non-hydrogen) atoms. The summed E-state index contributed by atoms with van der Waals surface area (Å²) in [5.74, 6) is 1.46. The van der Waals surface area contributed by atoms with Gasteiger partial charge < -0.3 is 14.4 Å². The summed E-state index contributed by atoms with van der Waals surface area (Å²) in [6.07, 6.45) is -0.203. The van der Waals surface area contributed by atoms with Crippen molar-refractivity contribution in [2.75, 3.05) is 25.0 Å². The summed E-state index contributed by atoms with van der Waals surface area (Å²) in [4.78, 5) is 18.8. The van der Waals surface area contributed by atoms with E-state index in [0.29, 0.717) is 30.6 Å². The van der Waals surface area contributed by atoms with Crippen LogP contribution in [-0.2, 0) is 0 Å². The Balaban J connectivity index is 1.41. The first-order chi connectivity index (χ1) is 12.7. The Kier molecular flexibility index (Phi) is 4.62. The fraction of sp³-hybridized carbons (Fsp3) is 0.263. The molecule has 0 fully saturated rings. The second-order valence-electron chi connectivity index (χ2n) is 5.95. The molecule has 2 amide bonds. The molecule has 1 unspecified atom stereocenters. The van der Waals surface area contributed by atoms with E-state index in [9.17, 15) is 4.79 Å². The van der Waals surface area contributed by atoms with Crippen molar-refractivity contribution < 1.29 is 14.3 Å². The fourth-order valence-electron chi connectivity index (χ4n) is 2.85. The Morgan fingerprint density at radius 3 is 2.81 bits per heavy atom. The molecule has 0 saturated heterocycles. The average molecular weight is 369 g/mol. The first kappa shape index (κ1) is 16.7. The van der Waals surface area contributed by atoms with Crippen molar-refractivity contribution in [2.24, 2.45) is 0 Å². The van der Waals surface area contributed by atoms with Crippen LogP contribution in [0.5, 0.6) is 11.5 Å². The second-order valence-corrected chi connectivity index (χ2v) is 6.98. The number of anilines is 1. The van der Waals surface area contributed by atoms with E-state index in [0.717, 1.165) is 16.0 Å². The van der Waals surface area contributed by atoms with Crippen molar-refractivity contribution in [1.82, 2.24) is 9.88 Å². The third-order valence-corrected chi connectivity index (χ3v) is 5.12. The van der Waals surface area contributed by atoms with E-state index in [1.807, 2.05) is 55.5 Å². The van der Waals surface area contributed by atoms with Gasteiger partial charge in [-0.3, -0.25) is 5.32 Å². The molecule has 0 aliphatic carbocycles. The zero-order chi connectivity index (χ0) is 17.9. The molecule has 1 aliphatic heterocycles. The van der Waals surface area contributed by atoms with Crippen LogP contribution in [0.3, 0.4) is 0 Å². The summed E-state index contributed by atoms with van der Waals surface area (Å²) >= 11 is 1.46. The molecule has 134 valence electrons. The van der Waals surface area contributed by atoms with Gasteiger partial charge in [-0.1, -0.05) is 35.6 Å². The number of benzene rings is 2. The van der Waals surface area contributed by atoms with Crippen LogP contribution in [0.2, 0.25) is 0 Å². The van der Waals surface area contributed by atoms with Gasteiger partial charge in [-0.2, -0.15) is 0 Å². The lowest BCUT2D eigenvalue weighted by Crippen LogP contribution is -2.45. The summed E-state index contributed by atoms with van der Waals surface area (Å²) in [5.41, 5.74) is 0.886. The van der Waals surface area contributed by atoms with Crippen LogP contribution >= 0.6 is 11.3 Å². The van der Waals surface area contributed by atoms with Gasteiger partial charge in [0.1, 0.15) is 6.61 Å². The van der Waals surface area contributed by atoms with Crippen LogP contribution < -0.4 is 14.8 Å². The average Bonchev–Trinajstić information content (AvgIpc) is 3.08. The van der Waals surface area contributed by atoms with Crippen molar-refractivity contribution in [3.8, 4) is 11.5 Å². The number of nitrogens with zero attached hydrogens (tertiary/aromatic N) is 2. The van der Waals surface area contributed by atoms with Gasteiger partial charge in [0.15, 0.2) is 22.7 Å². The first-order valence-electron chi connectivity index (χ1n) is 8.53. The lowest BCUT2D eigenvalue weighted by Gasteiger charge is -2.30. The smallest absolute Gasteiger partial charge is 0.323 e. The minimum Gasteiger partial charge on any atom is -0.486 e. The number of nitrogens with one attached hydrogen (secondary N) is 1. The molecule has 0 spiro atoms. The molecular formula is C19H19N3O3S. The second kappa shape index (κ2) is 7.21. The number of para-hydroxylation sites is 3. The molecule has 1 aliphatic rings. The largest absolute Gasteiger partial charge is 0.486 e. The summed E-state index contributed by atoms with van der Waals surface area (Å²) in [5, 5.41) is 3.49. The van der Waals surface area contributed by atoms with Crippen molar-refractivity contribution in [2.45, 2.75) is 13.0 Å². The molecule has 6 nitrogen and oxygen atoms in total. The van der Waals surface area contributed by atoms with E-state index in [1.54, 1.807) is 4.90 Å². The van der Waals surface area contributed by atoms with Gasteiger partial charge in [-0.15, -0.1) is 0 Å². The molecule has 1 N–H and O–H groups in total. The molecule has 3 aromatic rings. The van der Waals surface area contributed by atoms with E-state index in [2.05, 4.69) is 10.3 Å². The maximum Gasteiger partial charge on any atom is 0.323 e. The van der Waals surface area contributed by atoms with Crippen LogP contribution in [-0.4, -0.2) is 41.7 Å². The highest BCUT2D eigenvalue weighted by molar-refractivity contribution is 7.22. The third-order valence-electron chi connectivity index (χ3n) is 4.17. The number of rotatable bonds is 4. The molecule has 1 aromatic heterocycles. The van der Waals surface area contributed by atoms with Gasteiger partial charge in [0.2, 0.25) is 0 Å². The monoisotopic (exact) mass is 369 g/mol. The predicted octanol–water partition coefficient (Wildman–Crippen LogP) is 3.99. The summed E-state index contributed by atoms with van der Waals surface area (Å²) in [6, 6.07) is 15.2. The number of hydrogen-bond acceptors (Lipinski definition) is 5. The van der Waals surface area contributed by atoms with Gasteiger partial charge in [0.05, 0.1) is 16.8 Å². The number of fused-ring (bicyclic) bond motifs is 2. The van der Waals surface area contributed by atoms with Crippen LogP contribution in [0.4, 0.5) is 9.93 Å². The number of thiazole rings is 1. The Morgan fingerprint density at radius 2 is 2.00 bits per heavy atom. The highest BCUT2D eigenvalue weighted by Crippen LogP contribution is 2.31. The number of carbonyl (C=O) groups is 1. The molecule has 2 aromatic carbocycles. The molecular weight excluding hydrogens is 350 g/mol. The minimum absolute atomic E-state index is 0.186. The maximum absolute atomic E-state index is 12.6. The zero-order valence-corrected chi connectivity index (χ0v) is 15.2. The molecule has 0 bridgehead atoms. The molecule has 4 rings (SSSR count). The molecule has 1 atom stereocenters. The van der Waals surface area contributed by atoms with Crippen LogP contribution in [0.15, 0.2) is 48.5 Å². The van der Waals surface area contributed by atoms with E-state index in [-0.39, 0.29) is 12.1 Å². The molecule has 2 heterocycles. The van der Waals surface area contributed by atoms with Crippen LogP contribution in [0.25, 0.3) is 10.2 Å². The van der Waals surface area contributed by atoms with Gasteiger partial charge in [-0.25, -0.2) is 9.78 Å². The first-order valence-corrected chi connectivity index (χ1v) is 9.34. The highest BCUT2D eigenvalue weighted by Gasteiger charge is 2.25. The molecule has 0 radical (unpaired) electrons. The summed E-state index contributed by atoms with van der Waals surface area (Å²) in [7, 11) is 0. The summed E-state index contributed by atoms with van der Waals surface area (Å²) in [6.45, 7) is 3.37. The topological polar surface area (TPSA) is 63.7 Å². The van der Waals surface area contributed by atoms with Gasteiger partial charge in [-0.05, 0) is 31.2 Å². The number of amides is 2. The zero-order valence-electron chi connectivity index (χ0n) is 14.3. The predicted molar refractivity (Wildman–Crippen MR) is 102 cm³/mol. The maximum atomic E-state index is 12.6. The lowest BCUT2D eigenvalue weighted by molar-refractivity contribution is 0.0693. The van der Waals surface area contributed by atoms with Crippen molar-refractivity contribution in [1.29, 1.82) is 0 Å². The quantitative estimate of drug-likeness (QED) is 0.755. The van der Waals surface area contributed by atoms with Gasteiger partial charge in [0, 0.05) is 6.54 Å². The normalized spacial score (nSPS) is 15.7. The van der Waals surface area contributed by atoms with Crippen LogP contribution in [0, 0.1) is 0 Å². The van der Waals surface area contributed by atoms with Gasteiger partial charge >= 0.3 is 6.03 Å². The van der Waals surface area contributed by atoms with Crippen molar-refractivity contribution in [3.63, 3.8) is 0 Å². The number of ether oxygens (including phenoxy) is 2. The summed E-state index contributed by atoms with van der Waals surface area (Å²) < 4.78 is 12.7. The number of hydrogen-bond donors (Lipinski definition) is 1. The van der Waals surface area contributed by atoms with E-state index in [4.69, 9.17) is 9.47 Å². The molecule has 7 heteroatoms. The Morgan fingerprint density at radius 1 is 1.23 bits per heavy atom. The molecule has 0 saturated carbocycles. The third kappa shape index (κ3) is 3.43. The van der Waals surface area contributed by atoms with Crippen LogP contribution in [0.1, 0.15) is 6.92 Å². The van der Waals surface area contributed by atoms with E-state index in [1.165, 1.54) is 11.3 Å². The number of carbonyl (C=O) groups excluding carboxylic acids is 1. The van der Waals surface area contributed by atoms with Crippen molar-refractivity contribution in [3.05, 3.63) is 48.5 Å². The Bertz CT molecular complexity index is 894. The number of aromatic nitrogens is 1. The fourth-order valence-corrected chi connectivity index (χ4v) is 3.71. The Hall–Kier alpha value is -2.80. The lowest BCUT2D eigenvalue weighted by atomic mass is 10.2. The van der Waals surface area contributed by atoms with Gasteiger partial charge in [0.25, 0.3) is 0 Å². The van der Waals surface area contributed by atoms with Crippen molar-refractivity contribution >= 4 is 32.7 Å². The SMILES string of the molecule is CCN(CC1COc2ccccc2O1)C(=O)Nc1nc2ccccc2s1. The Labute approximate surface area is 155 Å². The number of urea groups is 1. The van der Waals surface area contributed by atoms with E-state index >= 15 is 0 Å². The standard InChI is InChI=1S/C19H19N3O3S/c1-2-22(11-13-12-24-15-8-4-5-9-16(15)25-13)19(23)21-18-20-14-7-3-6-10-17(14)26-18/h3-10,13H,2,11-12H2,1H3,(H,20,21,23). The number of likely N-dealkylation sites (N-methyl/N-ethyl adjacent to an activating group) is 1. The van der Waals surface area contributed by atoms with E-state index < -0.39 is 0 Å². The highest BCUT2D eigenvalue weighted by atomic mass is 32.1.